The van der Waals surface area contributed by atoms with Crippen LogP contribution in [0.4, 0.5) is 0 Å². The van der Waals surface area contributed by atoms with E-state index in [2.05, 4.69) is 29.1 Å². The average molecular weight is 239 g/mol. The third-order valence-electron chi connectivity index (χ3n) is 3.06. The lowest BCUT2D eigenvalue weighted by atomic mass is 10.2. The van der Waals surface area contributed by atoms with E-state index in [1.165, 1.54) is 36.9 Å². The number of halogens is 1. The maximum absolute atomic E-state index is 5.99. The first-order valence-electron chi connectivity index (χ1n) is 6.10. The number of hydrogen-bond donors (Lipinski definition) is 1. The molecule has 1 aliphatic heterocycles. The Balaban J connectivity index is 1.98. The molecule has 0 aromatic carbocycles. The predicted octanol–water partition coefficient (Wildman–Crippen LogP) is 3.71. The van der Waals surface area contributed by atoms with Gasteiger partial charge in [-0.25, -0.2) is 0 Å². The van der Waals surface area contributed by atoms with Gasteiger partial charge in [0.2, 0.25) is 0 Å². The van der Waals surface area contributed by atoms with Crippen molar-refractivity contribution in [1.29, 1.82) is 0 Å². The van der Waals surface area contributed by atoms with Crippen molar-refractivity contribution in [2.45, 2.75) is 45.7 Å². The highest BCUT2D eigenvalue weighted by atomic mass is 35.5. The summed E-state index contributed by atoms with van der Waals surface area (Å²) in [5.41, 5.74) is 2.63. The zero-order valence-electron chi connectivity index (χ0n) is 9.80. The van der Waals surface area contributed by atoms with Gasteiger partial charge in [0.05, 0.1) is 0 Å². The van der Waals surface area contributed by atoms with Crippen molar-refractivity contribution < 1.29 is 0 Å². The molecule has 0 radical (unpaired) electrons. The van der Waals surface area contributed by atoms with E-state index in [1.807, 2.05) is 6.08 Å². The lowest BCUT2D eigenvalue weighted by Gasteiger charge is -2.14. The maximum atomic E-state index is 5.99. The summed E-state index contributed by atoms with van der Waals surface area (Å²) in [6.07, 6.45) is 9.40. The second-order valence-corrected chi connectivity index (χ2v) is 4.73. The SMILES string of the molecule is CCCCCCn1ccc2c1C=C(Cl)NC2. The Bertz CT molecular complexity index is 379. The molecular weight excluding hydrogens is 220 g/mol. The standard InChI is InChI=1S/C13H19ClN2/c1-2-3-4-5-7-16-8-6-11-10-15-13(14)9-12(11)16/h6,8-9,15H,2-5,7,10H2,1H3. The van der Waals surface area contributed by atoms with Crippen molar-refractivity contribution in [3.05, 3.63) is 28.7 Å². The molecule has 16 heavy (non-hydrogen) atoms. The molecule has 0 saturated heterocycles. The van der Waals surface area contributed by atoms with E-state index in [4.69, 9.17) is 11.6 Å². The molecule has 0 saturated carbocycles. The first-order chi connectivity index (χ1) is 7.81. The Kier molecular flexibility index (Phi) is 3.94. The molecule has 0 bridgehead atoms. The third-order valence-corrected chi connectivity index (χ3v) is 3.30. The molecule has 2 rings (SSSR count). The van der Waals surface area contributed by atoms with Gasteiger partial charge >= 0.3 is 0 Å². The van der Waals surface area contributed by atoms with Crippen LogP contribution < -0.4 is 5.32 Å². The van der Waals surface area contributed by atoms with Crippen LogP contribution in [0.15, 0.2) is 17.4 Å². The van der Waals surface area contributed by atoms with E-state index in [-0.39, 0.29) is 0 Å². The number of fused-ring (bicyclic) bond motifs is 1. The summed E-state index contributed by atoms with van der Waals surface area (Å²) >= 11 is 5.99. The van der Waals surface area contributed by atoms with Crippen LogP contribution in [0.3, 0.4) is 0 Å². The smallest absolute Gasteiger partial charge is 0.104 e. The first-order valence-corrected chi connectivity index (χ1v) is 6.48. The fourth-order valence-electron chi connectivity index (χ4n) is 2.11. The normalized spacial score (nSPS) is 14.2. The van der Waals surface area contributed by atoms with E-state index < -0.39 is 0 Å². The number of rotatable bonds is 5. The number of unbranched alkanes of at least 4 members (excludes halogenated alkanes) is 3. The molecule has 0 atom stereocenters. The summed E-state index contributed by atoms with van der Waals surface area (Å²) in [7, 11) is 0. The zero-order valence-corrected chi connectivity index (χ0v) is 10.6. The summed E-state index contributed by atoms with van der Waals surface area (Å²) in [6, 6.07) is 2.18. The van der Waals surface area contributed by atoms with Crippen molar-refractivity contribution in [3.8, 4) is 0 Å². The van der Waals surface area contributed by atoms with Gasteiger partial charge in [-0.15, -0.1) is 0 Å². The maximum Gasteiger partial charge on any atom is 0.104 e. The molecular formula is C13H19ClN2. The predicted molar refractivity (Wildman–Crippen MR) is 69.2 cm³/mol. The Hall–Kier alpha value is -0.890. The summed E-state index contributed by atoms with van der Waals surface area (Å²) in [5, 5.41) is 3.89. The number of nitrogens with zero attached hydrogens (tertiary/aromatic N) is 1. The molecule has 0 aliphatic carbocycles. The lowest BCUT2D eigenvalue weighted by Crippen LogP contribution is -2.15. The minimum absolute atomic E-state index is 0.751. The van der Waals surface area contributed by atoms with Crippen molar-refractivity contribution >= 4 is 17.7 Å². The van der Waals surface area contributed by atoms with Gasteiger partial charge in [0.15, 0.2) is 0 Å². The number of aryl methyl sites for hydroxylation is 1. The van der Waals surface area contributed by atoms with E-state index >= 15 is 0 Å². The van der Waals surface area contributed by atoms with Crippen LogP contribution in [-0.2, 0) is 13.1 Å². The van der Waals surface area contributed by atoms with Gasteiger partial charge in [0.25, 0.3) is 0 Å². The van der Waals surface area contributed by atoms with Gasteiger partial charge in [0, 0.05) is 25.0 Å². The fraction of sp³-hybridized carbons (Fsp3) is 0.538. The summed E-state index contributed by atoms with van der Waals surface area (Å²) in [4.78, 5) is 0. The first kappa shape index (κ1) is 11.6. The molecule has 2 nitrogen and oxygen atoms in total. The largest absolute Gasteiger partial charge is 0.372 e. The highest BCUT2D eigenvalue weighted by Gasteiger charge is 2.11. The Morgan fingerprint density at radius 2 is 2.25 bits per heavy atom. The van der Waals surface area contributed by atoms with Gasteiger partial charge in [-0.05, 0) is 24.1 Å². The lowest BCUT2D eigenvalue weighted by molar-refractivity contribution is 0.580. The minimum Gasteiger partial charge on any atom is -0.372 e. The molecule has 1 aliphatic rings. The van der Waals surface area contributed by atoms with Gasteiger partial charge in [-0.2, -0.15) is 0 Å². The minimum atomic E-state index is 0.751. The molecule has 0 spiro atoms. The molecule has 2 heterocycles. The van der Waals surface area contributed by atoms with Crippen molar-refractivity contribution in [2.24, 2.45) is 0 Å². The van der Waals surface area contributed by atoms with E-state index in [9.17, 15) is 0 Å². The van der Waals surface area contributed by atoms with E-state index in [1.54, 1.807) is 0 Å². The van der Waals surface area contributed by atoms with E-state index in [0.29, 0.717) is 0 Å². The Morgan fingerprint density at radius 1 is 1.38 bits per heavy atom. The van der Waals surface area contributed by atoms with Crippen LogP contribution in [0, 0.1) is 0 Å². The number of hydrogen-bond acceptors (Lipinski definition) is 1. The van der Waals surface area contributed by atoms with Crippen LogP contribution in [-0.4, -0.2) is 4.57 Å². The number of aromatic nitrogens is 1. The zero-order chi connectivity index (χ0) is 11.4. The quantitative estimate of drug-likeness (QED) is 0.611. The third kappa shape index (κ3) is 2.62. The topological polar surface area (TPSA) is 17.0 Å². The molecule has 88 valence electrons. The second kappa shape index (κ2) is 5.44. The average Bonchev–Trinajstić information content (AvgIpc) is 2.67. The van der Waals surface area contributed by atoms with Gasteiger partial charge in [-0.3, -0.25) is 0 Å². The van der Waals surface area contributed by atoms with Crippen LogP contribution in [0.25, 0.3) is 6.08 Å². The molecule has 1 N–H and O–H groups in total. The van der Waals surface area contributed by atoms with Gasteiger partial charge < -0.3 is 9.88 Å². The van der Waals surface area contributed by atoms with Crippen LogP contribution in [0.5, 0.6) is 0 Å². The van der Waals surface area contributed by atoms with E-state index in [0.717, 1.165) is 18.2 Å². The Labute approximate surface area is 102 Å². The van der Waals surface area contributed by atoms with Crippen LogP contribution in [0.2, 0.25) is 0 Å². The number of nitrogens with one attached hydrogen (secondary N) is 1. The van der Waals surface area contributed by atoms with Gasteiger partial charge in [-0.1, -0.05) is 37.8 Å². The van der Waals surface area contributed by atoms with Crippen molar-refractivity contribution in [1.82, 2.24) is 9.88 Å². The second-order valence-electron chi connectivity index (χ2n) is 4.33. The Morgan fingerprint density at radius 3 is 3.06 bits per heavy atom. The molecule has 0 fully saturated rings. The summed E-state index contributed by atoms with van der Waals surface area (Å²) < 4.78 is 2.31. The van der Waals surface area contributed by atoms with Crippen molar-refractivity contribution in [2.75, 3.05) is 0 Å². The van der Waals surface area contributed by atoms with Crippen LogP contribution >= 0.6 is 11.6 Å². The summed E-state index contributed by atoms with van der Waals surface area (Å²) in [5.74, 6) is 0. The summed E-state index contributed by atoms with van der Waals surface area (Å²) in [6.45, 7) is 4.20. The monoisotopic (exact) mass is 238 g/mol. The highest BCUT2D eigenvalue weighted by Crippen LogP contribution is 2.21. The van der Waals surface area contributed by atoms with Crippen molar-refractivity contribution in [3.63, 3.8) is 0 Å². The molecule has 0 amide bonds. The molecule has 1 aromatic rings. The van der Waals surface area contributed by atoms with Gasteiger partial charge in [0.1, 0.15) is 5.16 Å². The molecule has 1 aromatic heterocycles. The fourth-order valence-corrected chi connectivity index (χ4v) is 2.28. The molecule has 0 unspecified atom stereocenters. The van der Waals surface area contributed by atoms with Crippen LogP contribution in [0.1, 0.15) is 43.9 Å². The highest BCUT2D eigenvalue weighted by molar-refractivity contribution is 6.31. The molecule has 3 heteroatoms.